The standard InChI is InChI=1S/C25H37N5O3S2/c1-14-5-7-15(8-6-14)21(31)30(18-13-19(25(2,3)4)35-20(18)22(32)33)16-9-11-17(12-10-16)34-24-27-23(26)28-29-24/h13-17H,5-12H2,1-4H3,(H,32,33)(H3,26,27,28,29)/t14-,15-,16-,17-. The van der Waals surface area contributed by atoms with E-state index in [2.05, 4.69) is 42.9 Å². The summed E-state index contributed by atoms with van der Waals surface area (Å²) in [6.07, 6.45) is 7.36. The minimum absolute atomic E-state index is 0.000913. The van der Waals surface area contributed by atoms with Gasteiger partial charge in [-0.3, -0.25) is 9.89 Å². The van der Waals surface area contributed by atoms with Crippen LogP contribution in [-0.4, -0.2) is 43.5 Å². The van der Waals surface area contributed by atoms with Crippen molar-refractivity contribution in [2.75, 3.05) is 10.6 Å². The van der Waals surface area contributed by atoms with Crippen LogP contribution in [0.15, 0.2) is 11.2 Å². The Hall–Kier alpha value is -2.07. The highest BCUT2D eigenvalue weighted by Gasteiger charge is 2.38. The number of thioether (sulfide) groups is 1. The van der Waals surface area contributed by atoms with Gasteiger partial charge in [0.1, 0.15) is 4.88 Å². The number of carbonyl (C=O) groups excluding carboxylic acids is 1. The summed E-state index contributed by atoms with van der Waals surface area (Å²) >= 11 is 2.95. The highest BCUT2D eigenvalue weighted by Crippen LogP contribution is 2.43. The Labute approximate surface area is 215 Å². The number of nitrogen functional groups attached to an aromatic ring is 1. The molecule has 1 amide bonds. The van der Waals surface area contributed by atoms with Gasteiger partial charge in [-0.2, -0.15) is 4.98 Å². The number of aromatic amines is 1. The number of carboxylic acids is 1. The van der Waals surface area contributed by atoms with Gasteiger partial charge in [0.2, 0.25) is 11.9 Å². The maximum Gasteiger partial charge on any atom is 0.348 e. The molecule has 0 bridgehead atoms. The van der Waals surface area contributed by atoms with Crippen molar-refractivity contribution < 1.29 is 14.7 Å². The Morgan fingerprint density at radius 1 is 1.14 bits per heavy atom. The molecule has 2 aromatic rings. The van der Waals surface area contributed by atoms with Gasteiger partial charge in [-0.05, 0) is 68.8 Å². The number of aromatic carboxylic acids is 1. The Morgan fingerprint density at radius 2 is 1.80 bits per heavy atom. The van der Waals surface area contributed by atoms with E-state index in [0.717, 1.165) is 61.4 Å². The van der Waals surface area contributed by atoms with Crippen molar-refractivity contribution in [3.05, 3.63) is 15.8 Å². The number of hydrogen-bond acceptors (Lipinski definition) is 7. The van der Waals surface area contributed by atoms with Crippen LogP contribution in [0, 0.1) is 11.8 Å². The number of carbonyl (C=O) groups is 2. The molecule has 0 spiro atoms. The van der Waals surface area contributed by atoms with Gasteiger partial charge in [0, 0.05) is 22.1 Å². The summed E-state index contributed by atoms with van der Waals surface area (Å²) in [4.78, 5) is 33.7. The number of anilines is 2. The summed E-state index contributed by atoms with van der Waals surface area (Å²) in [5.74, 6) is 0.0102. The molecule has 4 rings (SSSR count). The number of carboxylic acid groups (broad SMARTS) is 1. The van der Waals surface area contributed by atoms with Crippen molar-refractivity contribution in [1.29, 1.82) is 0 Å². The third-order valence-corrected chi connectivity index (χ3v) is 10.0. The van der Waals surface area contributed by atoms with Gasteiger partial charge in [0.15, 0.2) is 5.16 Å². The molecule has 4 N–H and O–H groups in total. The van der Waals surface area contributed by atoms with Crippen LogP contribution >= 0.6 is 23.1 Å². The number of nitrogens with two attached hydrogens (primary N) is 1. The van der Waals surface area contributed by atoms with Crippen LogP contribution in [0.25, 0.3) is 0 Å². The molecule has 2 fully saturated rings. The van der Waals surface area contributed by atoms with Crippen molar-refractivity contribution in [3.63, 3.8) is 0 Å². The Kier molecular flexibility index (Phi) is 7.80. The summed E-state index contributed by atoms with van der Waals surface area (Å²) in [6.45, 7) is 8.50. The summed E-state index contributed by atoms with van der Waals surface area (Å²) < 4.78 is 0. The van der Waals surface area contributed by atoms with E-state index >= 15 is 0 Å². The molecule has 2 heterocycles. The first-order chi connectivity index (χ1) is 16.5. The largest absolute Gasteiger partial charge is 0.477 e. The molecule has 10 heteroatoms. The number of thiophene rings is 1. The summed E-state index contributed by atoms with van der Waals surface area (Å²) in [5, 5.41) is 17.9. The Balaban J connectivity index is 1.60. The minimum atomic E-state index is -0.956. The topological polar surface area (TPSA) is 125 Å². The lowest BCUT2D eigenvalue weighted by atomic mass is 9.81. The van der Waals surface area contributed by atoms with Crippen molar-refractivity contribution in [3.8, 4) is 0 Å². The van der Waals surface area contributed by atoms with E-state index in [9.17, 15) is 14.7 Å². The second-order valence-corrected chi connectivity index (χ2v) is 13.4. The number of H-pyrrole nitrogens is 1. The Morgan fingerprint density at radius 3 is 2.34 bits per heavy atom. The molecule has 2 saturated carbocycles. The predicted molar refractivity (Wildman–Crippen MR) is 141 cm³/mol. The van der Waals surface area contributed by atoms with Crippen molar-refractivity contribution in [2.45, 2.75) is 101 Å². The number of aromatic nitrogens is 3. The number of nitrogens with one attached hydrogen (secondary N) is 1. The van der Waals surface area contributed by atoms with Gasteiger partial charge in [-0.25, -0.2) is 4.79 Å². The van der Waals surface area contributed by atoms with Gasteiger partial charge in [-0.1, -0.05) is 39.5 Å². The van der Waals surface area contributed by atoms with Crippen LogP contribution in [0.2, 0.25) is 0 Å². The lowest BCUT2D eigenvalue weighted by molar-refractivity contribution is -0.124. The van der Waals surface area contributed by atoms with E-state index in [-0.39, 0.29) is 34.1 Å². The average Bonchev–Trinajstić information content (AvgIpc) is 3.42. The molecular formula is C25H37N5O3S2. The molecule has 0 aliphatic heterocycles. The minimum Gasteiger partial charge on any atom is -0.477 e. The number of nitrogens with zero attached hydrogens (tertiary/aromatic N) is 3. The molecule has 0 saturated heterocycles. The zero-order chi connectivity index (χ0) is 25.3. The van der Waals surface area contributed by atoms with Crippen molar-refractivity contribution in [1.82, 2.24) is 15.2 Å². The van der Waals surface area contributed by atoms with E-state index in [1.165, 1.54) is 11.3 Å². The molecule has 35 heavy (non-hydrogen) atoms. The van der Waals surface area contributed by atoms with Gasteiger partial charge in [0.05, 0.1) is 5.69 Å². The second kappa shape index (κ2) is 10.5. The molecule has 2 aliphatic rings. The summed E-state index contributed by atoms with van der Waals surface area (Å²) in [7, 11) is 0. The summed E-state index contributed by atoms with van der Waals surface area (Å²) in [5.41, 5.74) is 6.04. The quantitative estimate of drug-likeness (QED) is 0.446. The van der Waals surface area contributed by atoms with E-state index in [1.807, 2.05) is 11.0 Å². The second-order valence-electron chi connectivity index (χ2n) is 11.1. The van der Waals surface area contributed by atoms with Gasteiger partial charge in [-0.15, -0.1) is 16.4 Å². The molecule has 2 aliphatic carbocycles. The number of amides is 1. The molecule has 192 valence electrons. The molecule has 0 radical (unpaired) electrons. The maximum absolute atomic E-state index is 14.0. The van der Waals surface area contributed by atoms with Crippen LogP contribution in [0.5, 0.6) is 0 Å². The van der Waals surface area contributed by atoms with Gasteiger partial charge >= 0.3 is 5.97 Å². The SMILES string of the molecule is CC(C)(C)c1cc(N(C(=O)[C@H]2CC[C@H](C)CC2)[C@H]2CC[C@H](Sc3nc(N)n[nH]3)CC2)c(C(=O)O)s1. The maximum atomic E-state index is 14.0. The molecule has 0 aromatic carbocycles. The lowest BCUT2D eigenvalue weighted by Crippen LogP contribution is -2.46. The molecule has 0 atom stereocenters. The predicted octanol–water partition coefficient (Wildman–Crippen LogP) is 5.71. The molecule has 0 unspecified atom stereocenters. The fraction of sp³-hybridized carbons (Fsp3) is 0.680. The lowest BCUT2D eigenvalue weighted by Gasteiger charge is -2.39. The van der Waals surface area contributed by atoms with Crippen molar-refractivity contribution in [2.24, 2.45) is 11.8 Å². The first-order valence-electron chi connectivity index (χ1n) is 12.6. The molecule has 8 nitrogen and oxygen atoms in total. The van der Waals surface area contributed by atoms with Crippen molar-refractivity contribution >= 4 is 46.6 Å². The molecule has 2 aromatic heterocycles. The van der Waals surface area contributed by atoms with E-state index in [0.29, 0.717) is 16.9 Å². The Bertz CT molecular complexity index is 1040. The van der Waals surface area contributed by atoms with E-state index < -0.39 is 5.97 Å². The first-order valence-corrected chi connectivity index (χ1v) is 14.3. The normalized spacial score (nSPS) is 25.4. The van der Waals surface area contributed by atoms with Crippen LogP contribution < -0.4 is 10.6 Å². The highest BCUT2D eigenvalue weighted by molar-refractivity contribution is 7.99. The third-order valence-electron chi connectivity index (χ3n) is 7.28. The first kappa shape index (κ1) is 26.0. The smallest absolute Gasteiger partial charge is 0.348 e. The monoisotopic (exact) mass is 519 g/mol. The summed E-state index contributed by atoms with van der Waals surface area (Å²) in [6, 6.07) is 1.97. The molecular weight excluding hydrogens is 482 g/mol. The fourth-order valence-electron chi connectivity index (χ4n) is 5.17. The van der Waals surface area contributed by atoms with Crippen LogP contribution in [0.4, 0.5) is 11.6 Å². The van der Waals surface area contributed by atoms with Crippen LogP contribution in [0.3, 0.4) is 0 Å². The van der Waals surface area contributed by atoms with Crippen LogP contribution in [0.1, 0.15) is 93.6 Å². The van der Waals surface area contributed by atoms with E-state index in [1.54, 1.807) is 11.8 Å². The zero-order valence-electron chi connectivity index (χ0n) is 21.0. The van der Waals surface area contributed by atoms with Crippen LogP contribution in [-0.2, 0) is 10.2 Å². The van der Waals surface area contributed by atoms with Gasteiger partial charge < -0.3 is 15.7 Å². The number of rotatable bonds is 6. The van der Waals surface area contributed by atoms with Gasteiger partial charge in [0.25, 0.3) is 0 Å². The van der Waals surface area contributed by atoms with E-state index in [4.69, 9.17) is 5.73 Å². The third kappa shape index (κ3) is 6.02. The zero-order valence-corrected chi connectivity index (χ0v) is 22.7. The average molecular weight is 520 g/mol. The highest BCUT2D eigenvalue weighted by atomic mass is 32.2. The fourth-order valence-corrected chi connectivity index (χ4v) is 7.29. The number of hydrogen-bond donors (Lipinski definition) is 3.